The summed E-state index contributed by atoms with van der Waals surface area (Å²) in [6.45, 7) is 6.03. The van der Waals surface area contributed by atoms with Gasteiger partial charge in [-0.3, -0.25) is 0 Å². The number of hydrogen-bond donors (Lipinski definition) is 0. The van der Waals surface area contributed by atoms with E-state index in [4.69, 9.17) is 9.47 Å². The quantitative estimate of drug-likeness (QED) is 0.470. The molecule has 0 radical (unpaired) electrons. The summed E-state index contributed by atoms with van der Waals surface area (Å²) in [5.74, 6) is -0.601. The van der Waals surface area contributed by atoms with E-state index in [9.17, 15) is 9.59 Å². The molecule has 0 aromatic rings. The van der Waals surface area contributed by atoms with Crippen molar-refractivity contribution in [2.24, 2.45) is 5.92 Å². The van der Waals surface area contributed by atoms with Crippen LogP contribution in [0.1, 0.15) is 46.5 Å². The summed E-state index contributed by atoms with van der Waals surface area (Å²) < 4.78 is 9.77. The summed E-state index contributed by atoms with van der Waals surface area (Å²) in [5, 5.41) is 0. The third-order valence-corrected chi connectivity index (χ3v) is 2.66. The lowest BCUT2D eigenvalue weighted by Gasteiger charge is -2.14. The molecular weight excluding hydrogens is 232 g/mol. The smallest absolute Gasteiger partial charge is 0.344 e. The Morgan fingerprint density at radius 3 is 2.50 bits per heavy atom. The summed E-state index contributed by atoms with van der Waals surface area (Å²) in [4.78, 5) is 22.3. The zero-order chi connectivity index (χ0) is 13.8. The molecule has 0 bridgehead atoms. The van der Waals surface area contributed by atoms with Crippen LogP contribution >= 0.6 is 0 Å². The predicted octanol–water partition coefficient (Wildman–Crippen LogP) is 2.87. The molecule has 0 heterocycles. The van der Waals surface area contributed by atoms with E-state index in [0.717, 1.165) is 25.7 Å². The molecule has 0 rings (SSSR count). The van der Waals surface area contributed by atoms with Crippen molar-refractivity contribution >= 4 is 11.9 Å². The van der Waals surface area contributed by atoms with Gasteiger partial charge in [-0.1, -0.05) is 39.2 Å². The summed E-state index contributed by atoms with van der Waals surface area (Å²) in [7, 11) is 0. The van der Waals surface area contributed by atoms with Crippen LogP contribution in [0.25, 0.3) is 0 Å². The molecule has 0 aliphatic carbocycles. The molecule has 1 unspecified atom stereocenters. The molecule has 4 nitrogen and oxygen atoms in total. The average molecular weight is 256 g/mol. The second kappa shape index (κ2) is 10.8. The van der Waals surface area contributed by atoms with Crippen molar-refractivity contribution < 1.29 is 19.1 Å². The number of esters is 2. The Balaban J connectivity index is 3.77. The number of rotatable bonds is 9. The third kappa shape index (κ3) is 8.79. The second-order valence-electron chi connectivity index (χ2n) is 4.21. The molecule has 104 valence electrons. The lowest BCUT2D eigenvalue weighted by molar-refractivity contribution is -0.157. The maximum atomic E-state index is 11.3. The van der Waals surface area contributed by atoms with Crippen molar-refractivity contribution in [1.29, 1.82) is 0 Å². The minimum atomic E-state index is -0.521. The van der Waals surface area contributed by atoms with Crippen LogP contribution < -0.4 is 0 Å². The summed E-state index contributed by atoms with van der Waals surface area (Å²) in [5.41, 5.74) is 0. The topological polar surface area (TPSA) is 52.6 Å². The lowest BCUT2D eigenvalue weighted by atomic mass is 10.0. The van der Waals surface area contributed by atoms with E-state index < -0.39 is 11.9 Å². The van der Waals surface area contributed by atoms with Crippen LogP contribution in [0.15, 0.2) is 12.2 Å². The number of hydrogen-bond acceptors (Lipinski definition) is 4. The van der Waals surface area contributed by atoms with Gasteiger partial charge in [-0.25, -0.2) is 9.59 Å². The minimum Gasteiger partial charge on any atom is -0.463 e. The van der Waals surface area contributed by atoms with Crippen molar-refractivity contribution in [2.75, 3.05) is 13.2 Å². The largest absolute Gasteiger partial charge is 0.463 e. The first-order valence-electron chi connectivity index (χ1n) is 6.59. The molecule has 0 aliphatic rings. The highest BCUT2D eigenvalue weighted by molar-refractivity contribution is 5.84. The van der Waals surface area contributed by atoms with Gasteiger partial charge >= 0.3 is 11.9 Å². The second-order valence-corrected chi connectivity index (χ2v) is 4.21. The maximum Gasteiger partial charge on any atom is 0.344 e. The van der Waals surface area contributed by atoms with E-state index >= 15 is 0 Å². The van der Waals surface area contributed by atoms with E-state index in [1.165, 1.54) is 6.08 Å². The van der Waals surface area contributed by atoms with Crippen LogP contribution in [0.3, 0.4) is 0 Å². The van der Waals surface area contributed by atoms with Gasteiger partial charge in [-0.15, -0.1) is 0 Å². The number of carbonyl (C=O) groups is 2. The Morgan fingerprint density at radius 1 is 1.22 bits per heavy atom. The standard InChI is InChI=1S/C14H24O4/c1-4-7-9-12(6-3)10-17-14(16)11-18-13(15)8-5-2/h5,8,12H,4,6-7,9-11H2,1-3H3/b8-5+. The van der Waals surface area contributed by atoms with Gasteiger partial charge in [0.15, 0.2) is 6.61 Å². The molecule has 0 aromatic carbocycles. The Labute approximate surface area is 109 Å². The number of carbonyl (C=O) groups excluding carboxylic acids is 2. The fourth-order valence-corrected chi connectivity index (χ4v) is 1.46. The van der Waals surface area contributed by atoms with Crippen LogP contribution in [-0.4, -0.2) is 25.2 Å². The highest BCUT2D eigenvalue weighted by Gasteiger charge is 2.11. The molecule has 0 saturated carbocycles. The van der Waals surface area contributed by atoms with Crippen LogP contribution in [0.4, 0.5) is 0 Å². The molecule has 0 aliphatic heterocycles. The molecule has 18 heavy (non-hydrogen) atoms. The molecule has 0 saturated heterocycles. The Morgan fingerprint density at radius 2 is 1.94 bits per heavy atom. The highest BCUT2D eigenvalue weighted by atomic mass is 16.6. The summed E-state index contributed by atoms with van der Waals surface area (Å²) in [6.07, 6.45) is 7.18. The van der Waals surface area contributed by atoms with Crippen molar-refractivity contribution in [3.05, 3.63) is 12.2 Å². The molecule has 0 spiro atoms. The molecule has 0 N–H and O–H groups in total. The molecular formula is C14H24O4. The first-order valence-corrected chi connectivity index (χ1v) is 6.59. The van der Waals surface area contributed by atoms with Crippen molar-refractivity contribution in [3.8, 4) is 0 Å². The van der Waals surface area contributed by atoms with Crippen LogP contribution in [0, 0.1) is 5.92 Å². The summed E-state index contributed by atoms with van der Waals surface area (Å²) in [6, 6.07) is 0. The zero-order valence-electron chi connectivity index (χ0n) is 11.6. The maximum absolute atomic E-state index is 11.3. The first-order chi connectivity index (χ1) is 8.63. The van der Waals surface area contributed by atoms with Crippen molar-refractivity contribution in [3.63, 3.8) is 0 Å². The van der Waals surface area contributed by atoms with Gasteiger partial charge in [-0.2, -0.15) is 0 Å². The van der Waals surface area contributed by atoms with Gasteiger partial charge in [0, 0.05) is 6.08 Å². The van der Waals surface area contributed by atoms with Gasteiger partial charge < -0.3 is 9.47 Å². The highest BCUT2D eigenvalue weighted by Crippen LogP contribution is 2.12. The van der Waals surface area contributed by atoms with Gasteiger partial charge in [0.1, 0.15) is 0 Å². The van der Waals surface area contributed by atoms with Crippen molar-refractivity contribution in [2.45, 2.75) is 46.5 Å². The molecule has 0 fully saturated rings. The molecule has 4 heteroatoms. The van der Waals surface area contributed by atoms with Crippen LogP contribution in [0.5, 0.6) is 0 Å². The lowest BCUT2D eigenvalue weighted by Crippen LogP contribution is -2.19. The molecule has 0 aromatic heterocycles. The fourth-order valence-electron chi connectivity index (χ4n) is 1.46. The fraction of sp³-hybridized carbons (Fsp3) is 0.714. The van der Waals surface area contributed by atoms with Gasteiger partial charge in [0.2, 0.25) is 0 Å². The average Bonchev–Trinajstić information content (AvgIpc) is 2.37. The Hall–Kier alpha value is -1.32. The van der Waals surface area contributed by atoms with E-state index in [1.54, 1.807) is 13.0 Å². The SMILES string of the molecule is C/C=C/C(=O)OCC(=O)OCC(CC)CCCC. The van der Waals surface area contributed by atoms with Gasteiger partial charge in [0.05, 0.1) is 6.61 Å². The molecule has 1 atom stereocenters. The first kappa shape index (κ1) is 16.7. The third-order valence-electron chi connectivity index (χ3n) is 2.66. The summed E-state index contributed by atoms with van der Waals surface area (Å²) >= 11 is 0. The monoisotopic (exact) mass is 256 g/mol. The van der Waals surface area contributed by atoms with Gasteiger partial charge in [-0.05, 0) is 19.3 Å². The van der Waals surface area contributed by atoms with Gasteiger partial charge in [0.25, 0.3) is 0 Å². The Kier molecular flexibility index (Phi) is 10.0. The van der Waals surface area contributed by atoms with E-state index in [1.807, 2.05) is 0 Å². The van der Waals surface area contributed by atoms with Crippen LogP contribution in [0.2, 0.25) is 0 Å². The zero-order valence-corrected chi connectivity index (χ0v) is 11.6. The minimum absolute atomic E-state index is 0.312. The number of allylic oxidation sites excluding steroid dienone is 1. The molecule has 0 amide bonds. The number of ether oxygens (including phenoxy) is 2. The van der Waals surface area contributed by atoms with E-state index in [-0.39, 0.29) is 6.61 Å². The van der Waals surface area contributed by atoms with Crippen LogP contribution in [-0.2, 0) is 19.1 Å². The van der Waals surface area contributed by atoms with E-state index in [0.29, 0.717) is 12.5 Å². The Bertz CT molecular complexity index is 271. The van der Waals surface area contributed by atoms with Crippen molar-refractivity contribution in [1.82, 2.24) is 0 Å². The normalized spacial score (nSPS) is 12.4. The number of unbranched alkanes of at least 4 members (excludes halogenated alkanes) is 1. The van der Waals surface area contributed by atoms with E-state index in [2.05, 4.69) is 13.8 Å². The predicted molar refractivity (Wildman–Crippen MR) is 70.0 cm³/mol.